The maximum absolute atomic E-state index is 13.3. The molecular formula is C19H22FN3OS. The number of rotatable bonds is 4. The minimum absolute atomic E-state index is 0.00655. The van der Waals surface area contributed by atoms with Gasteiger partial charge in [-0.05, 0) is 56.4 Å². The van der Waals surface area contributed by atoms with Gasteiger partial charge in [0.05, 0.1) is 11.2 Å². The van der Waals surface area contributed by atoms with Crippen LogP contribution in [0.2, 0.25) is 0 Å². The van der Waals surface area contributed by atoms with Crippen LogP contribution in [-0.2, 0) is 0 Å². The average Bonchev–Trinajstić information content (AvgIpc) is 3.31. The number of nitrogens with zero attached hydrogens (tertiary/aromatic N) is 2. The number of piperidine rings is 1. The van der Waals surface area contributed by atoms with E-state index in [1.807, 2.05) is 13.0 Å². The van der Waals surface area contributed by atoms with Crippen LogP contribution in [0.25, 0.3) is 0 Å². The normalized spacial score (nSPS) is 20.6. The summed E-state index contributed by atoms with van der Waals surface area (Å²) in [6.07, 6.45) is 4.27. The van der Waals surface area contributed by atoms with Crippen molar-refractivity contribution in [2.75, 3.05) is 18.0 Å². The summed E-state index contributed by atoms with van der Waals surface area (Å²) in [6.45, 7) is 3.63. The smallest absolute Gasteiger partial charge is 0.263 e. The number of amides is 1. The van der Waals surface area contributed by atoms with Crippen LogP contribution in [0.4, 0.5) is 10.1 Å². The zero-order valence-electron chi connectivity index (χ0n) is 14.3. The predicted molar refractivity (Wildman–Crippen MR) is 97.9 cm³/mol. The molecule has 6 heteroatoms. The third kappa shape index (κ3) is 3.54. The van der Waals surface area contributed by atoms with Crippen LogP contribution < -0.4 is 10.2 Å². The van der Waals surface area contributed by atoms with Gasteiger partial charge in [-0.2, -0.15) is 0 Å². The molecule has 0 radical (unpaired) electrons. The van der Waals surface area contributed by atoms with Gasteiger partial charge >= 0.3 is 0 Å². The first-order valence-electron chi connectivity index (χ1n) is 8.87. The molecule has 4 rings (SSSR count). The van der Waals surface area contributed by atoms with E-state index >= 15 is 0 Å². The van der Waals surface area contributed by atoms with E-state index in [1.54, 1.807) is 11.6 Å². The molecule has 1 unspecified atom stereocenters. The van der Waals surface area contributed by atoms with E-state index in [0.29, 0.717) is 5.92 Å². The van der Waals surface area contributed by atoms with Crippen molar-refractivity contribution >= 4 is 22.9 Å². The zero-order valence-corrected chi connectivity index (χ0v) is 15.1. The molecule has 132 valence electrons. The van der Waals surface area contributed by atoms with Gasteiger partial charge in [0.2, 0.25) is 0 Å². The van der Waals surface area contributed by atoms with Crippen LogP contribution >= 0.6 is 11.3 Å². The second kappa shape index (κ2) is 6.75. The number of hydrogen-bond donors (Lipinski definition) is 1. The van der Waals surface area contributed by atoms with Gasteiger partial charge in [0.15, 0.2) is 0 Å². The Hall–Kier alpha value is -1.95. The van der Waals surface area contributed by atoms with E-state index in [9.17, 15) is 9.18 Å². The molecule has 1 aliphatic carbocycles. The van der Waals surface area contributed by atoms with Crippen LogP contribution in [0, 0.1) is 12.7 Å². The van der Waals surface area contributed by atoms with E-state index in [1.165, 1.54) is 17.4 Å². The number of aromatic nitrogens is 1. The summed E-state index contributed by atoms with van der Waals surface area (Å²) >= 11 is 1.44. The Morgan fingerprint density at radius 3 is 2.96 bits per heavy atom. The molecule has 2 fully saturated rings. The van der Waals surface area contributed by atoms with Crippen molar-refractivity contribution in [2.45, 2.75) is 44.6 Å². The highest BCUT2D eigenvalue weighted by atomic mass is 32.1. The number of carbonyl (C=O) groups is 1. The molecule has 1 aliphatic heterocycles. The summed E-state index contributed by atoms with van der Waals surface area (Å²) in [6, 6.07) is 5.02. The number of benzene rings is 1. The summed E-state index contributed by atoms with van der Waals surface area (Å²) in [5, 5.41) is 3.19. The maximum Gasteiger partial charge on any atom is 0.263 e. The second-order valence-electron chi connectivity index (χ2n) is 7.03. The van der Waals surface area contributed by atoms with Crippen molar-refractivity contribution < 1.29 is 9.18 Å². The number of thiazole rings is 1. The first-order valence-corrected chi connectivity index (χ1v) is 9.75. The average molecular weight is 359 g/mol. The van der Waals surface area contributed by atoms with Gasteiger partial charge < -0.3 is 10.2 Å². The van der Waals surface area contributed by atoms with Gasteiger partial charge in [-0.25, -0.2) is 9.37 Å². The van der Waals surface area contributed by atoms with Crippen LogP contribution in [-0.4, -0.2) is 30.0 Å². The van der Waals surface area contributed by atoms with Gasteiger partial charge in [0.1, 0.15) is 10.7 Å². The lowest BCUT2D eigenvalue weighted by molar-refractivity contribution is 0.0936. The number of hydrogen-bond acceptors (Lipinski definition) is 4. The van der Waals surface area contributed by atoms with Crippen LogP contribution in [0.5, 0.6) is 0 Å². The molecule has 0 bridgehead atoms. The molecule has 1 saturated carbocycles. The van der Waals surface area contributed by atoms with Gasteiger partial charge in [0, 0.05) is 30.7 Å². The van der Waals surface area contributed by atoms with Gasteiger partial charge in [0.25, 0.3) is 5.91 Å². The monoisotopic (exact) mass is 359 g/mol. The fourth-order valence-corrected chi connectivity index (χ4v) is 4.39. The topological polar surface area (TPSA) is 45.2 Å². The van der Waals surface area contributed by atoms with E-state index in [-0.39, 0.29) is 17.8 Å². The first kappa shape index (κ1) is 16.5. The molecule has 1 amide bonds. The molecule has 1 aromatic heterocycles. The molecule has 1 N–H and O–H groups in total. The fraction of sp³-hybridized carbons (Fsp3) is 0.474. The minimum atomic E-state index is -0.207. The summed E-state index contributed by atoms with van der Waals surface area (Å²) in [5.41, 5.74) is 4.74. The molecule has 1 atom stereocenters. The SMILES string of the molecule is Cc1cc(F)ccc1N1CCCC(NC(=O)c2scnc2C2CC2)C1. The number of carbonyl (C=O) groups excluding carboxylic acids is 1. The molecule has 1 aromatic carbocycles. The number of nitrogens with one attached hydrogen (secondary N) is 1. The Bertz CT molecular complexity index is 787. The molecule has 25 heavy (non-hydrogen) atoms. The van der Waals surface area contributed by atoms with Crippen LogP contribution in [0.3, 0.4) is 0 Å². The highest BCUT2D eigenvalue weighted by Crippen LogP contribution is 2.41. The van der Waals surface area contributed by atoms with E-state index in [2.05, 4.69) is 15.2 Å². The molecular weight excluding hydrogens is 337 g/mol. The van der Waals surface area contributed by atoms with E-state index in [4.69, 9.17) is 0 Å². The minimum Gasteiger partial charge on any atom is -0.369 e. The lowest BCUT2D eigenvalue weighted by atomic mass is 10.0. The predicted octanol–water partition coefficient (Wildman–Crippen LogP) is 3.87. The largest absolute Gasteiger partial charge is 0.369 e. The molecule has 1 saturated heterocycles. The zero-order chi connectivity index (χ0) is 17.4. The Kier molecular flexibility index (Phi) is 4.46. The third-order valence-corrected chi connectivity index (χ3v) is 5.86. The lowest BCUT2D eigenvalue weighted by Gasteiger charge is -2.35. The fourth-order valence-electron chi connectivity index (χ4n) is 3.61. The van der Waals surface area contributed by atoms with Crippen molar-refractivity contribution in [3.05, 3.63) is 45.7 Å². The van der Waals surface area contributed by atoms with Crippen molar-refractivity contribution in [1.82, 2.24) is 10.3 Å². The standard InChI is InChI=1S/C19H22FN3OS/c1-12-9-14(20)6-7-16(12)23-8-2-3-15(10-23)22-19(24)18-17(13-4-5-13)21-11-25-18/h6-7,9,11,13,15H,2-5,8,10H2,1H3,(H,22,24). The lowest BCUT2D eigenvalue weighted by Crippen LogP contribution is -2.48. The third-order valence-electron chi connectivity index (χ3n) is 5.02. The maximum atomic E-state index is 13.3. The van der Waals surface area contributed by atoms with Crippen molar-refractivity contribution in [3.8, 4) is 0 Å². The summed E-state index contributed by atoms with van der Waals surface area (Å²) < 4.78 is 13.3. The van der Waals surface area contributed by atoms with Crippen molar-refractivity contribution in [3.63, 3.8) is 0 Å². The highest BCUT2D eigenvalue weighted by Gasteiger charge is 2.31. The second-order valence-corrected chi connectivity index (χ2v) is 7.89. The number of aryl methyl sites for hydroxylation is 1. The molecule has 0 spiro atoms. The first-order chi connectivity index (χ1) is 12.1. The molecule has 4 nitrogen and oxygen atoms in total. The van der Waals surface area contributed by atoms with Gasteiger partial charge in [-0.15, -0.1) is 11.3 Å². The summed E-state index contributed by atoms with van der Waals surface area (Å²) in [5.74, 6) is 0.282. The molecule has 2 aliphatic rings. The Labute approximate surface area is 151 Å². The van der Waals surface area contributed by atoms with Gasteiger partial charge in [-0.1, -0.05) is 0 Å². The van der Waals surface area contributed by atoms with Gasteiger partial charge in [-0.3, -0.25) is 4.79 Å². The highest BCUT2D eigenvalue weighted by molar-refractivity contribution is 7.11. The Morgan fingerprint density at radius 2 is 2.20 bits per heavy atom. The Balaban J connectivity index is 1.44. The van der Waals surface area contributed by atoms with Crippen LogP contribution in [0.15, 0.2) is 23.7 Å². The van der Waals surface area contributed by atoms with E-state index in [0.717, 1.165) is 60.6 Å². The number of anilines is 1. The number of halogens is 1. The van der Waals surface area contributed by atoms with Crippen molar-refractivity contribution in [1.29, 1.82) is 0 Å². The molecule has 2 heterocycles. The van der Waals surface area contributed by atoms with E-state index < -0.39 is 0 Å². The molecule has 2 aromatic rings. The summed E-state index contributed by atoms with van der Waals surface area (Å²) in [7, 11) is 0. The quantitative estimate of drug-likeness (QED) is 0.901. The summed E-state index contributed by atoms with van der Waals surface area (Å²) in [4.78, 5) is 20.1. The van der Waals surface area contributed by atoms with Crippen LogP contribution in [0.1, 0.15) is 52.5 Å². The van der Waals surface area contributed by atoms with Crippen molar-refractivity contribution in [2.24, 2.45) is 0 Å². The Morgan fingerprint density at radius 1 is 1.36 bits per heavy atom.